The number of hydrogen-bond donors (Lipinski definition) is 1. The van der Waals surface area contributed by atoms with Gasteiger partial charge in [-0.05, 0) is 41.9 Å². The first kappa shape index (κ1) is 13.2. The van der Waals surface area contributed by atoms with E-state index in [-0.39, 0.29) is 34.7 Å². The SMILES string of the molecule is COC(=O)C1=C[C@@H]2[C@@H](O)C(C)(C)C[C@@]23[C@@H](C)CC[C@@H]13. The summed E-state index contributed by atoms with van der Waals surface area (Å²) < 4.78 is 4.94. The zero-order valence-electron chi connectivity index (χ0n) is 12.3. The molecule has 0 radical (unpaired) electrons. The van der Waals surface area contributed by atoms with Crippen molar-refractivity contribution in [3.63, 3.8) is 0 Å². The molecule has 3 heteroatoms. The van der Waals surface area contributed by atoms with Crippen LogP contribution in [-0.2, 0) is 9.53 Å². The summed E-state index contributed by atoms with van der Waals surface area (Å²) in [5.74, 6) is 0.783. The van der Waals surface area contributed by atoms with Crippen LogP contribution in [0.25, 0.3) is 0 Å². The van der Waals surface area contributed by atoms with Crippen LogP contribution in [0.3, 0.4) is 0 Å². The summed E-state index contributed by atoms with van der Waals surface area (Å²) in [6, 6.07) is 0. The van der Waals surface area contributed by atoms with Crippen LogP contribution in [0.1, 0.15) is 40.0 Å². The van der Waals surface area contributed by atoms with Gasteiger partial charge in [0, 0.05) is 11.5 Å². The third-order valence-corrected chi connectivity index (χ3v) is 6.13. The number of ether oxygens (including phenoxy) is 1. The van der Waals surface area contributed by atoms with Gasteiger partial charge in [-0.1, -0.05) is 26.8 Å². The van der Waals surface area contributed by atoms with Crippen molar-refractivity contribution < 1.29 is 14.6 Å². The van der Waals surface area contributed by atoms with Crippen molar-refractivity contribution in [3.8, 4) is 0 Å². The van der Waals surface area contributed by atoms with E-state index in [9.17, 15) is 9.90 Å². The smallest absolute Gasteiger partial charge is 0.333 e. The molecule has 5 atom stereocenters. The molecule has 0 aromatic heterocycles. The van der Waals surface area contributed by atoms with Gasteiger partial charge in [-0.3, -0.25) is 0 Å². The monoisotopic (exact) mass is 264 g/mol. The van der Waals surface area contributed by atoms with E-state index in [0.717, 1.165) is 24.8 Å². The predicted molar refractivity (Wildman–Crippen MR) is 72.3 cm³/mol. The van der Waals surface area contributed by atoms with Crippen molar-refractivity contribution >= 4 is 5.97 Å². The molecule has 3 aliphatic carbocycles. The minimum absolute atomic E-state index is 0.0559. The van der Waals surface area contributed by atoms with Crippen LogP contribution in [0.2, 0.25) is 0 Å². The molecule has 2 saturated carbocycles. The maximum absolute atomic E-state index is 12.0. The molecule has 0 aromatic rings. The Morgan fingerprint density at radius 3 is 2.74 bits per heavy atom. The second-order valence-electron chi connectivity index (χ2n) is 7.39. The lowest BCUT2D eigenvalue weighted by molar-refractivity contribution is -0.137. The Bertz CT molecular complexity index is 451. The molecular formula is C16H24O3. The molecule has 0 heterocycles. The summed E-state index contributed by atoms with van der Waals surface area (Å²) in [6.45, 7) is 6.59. The molecular weight excluding hydrogens is 240 g/mol. The fourth-order valence-electron chi connectivity index (χ4n) is 5.28. The molecule has 3 nitrogen and oxygen atoms in total. The Hall–Kier alpha value is -0.830. The normalized spacial score (nSPS) is 46.7. The molecule has 0 saturated heterocycles. The van der Waals surface area contributed by atoms with Crippen LogP contribution < -0.4 is 0 Å². The highest BCUT2D eigenvalue weighted by molar-refractivity contribution is 5.90. The molecule has 0 aliphatic heterocycles. The Labute approximate surface area is 115 Å². The summed E-state index contributed by atoms with van der Waals surface area (Å²) in [5, 5.41) is 10.7. The molecule has 3 rings (SSSR count). The average Bonchev–Trinajstić information content (AvgIpc) is 2.89. The van der Waals surface area contributed by atoms with E-state index >= 15 is 0 Å². The number of methoxy groups -OCH3 is 1. The lowest BCUT2D eigenvalue weighted by atomic mass is 9.67. The van der Waals surface area contributed by atoms with Gasteiger partial charge in [0.05, 0.1) is 13.2 Å². The number of rotatable bonds is 1. The Morgan fingerprint density at radius 2 is 2.11 bits per heavy atom. The van der Waals surface area contributed by atoms with E-state index in [1.807, 2.05) is 6.08 Å². The van der Waals surface area contributed by atoms with Crippen LogP contribution in [0.15, 0.2) is 11.6 Å². The highest BCUT2D eigenvalue weighted by atomic mass is 16.5. The number of aliphatic hydroxyl groups is 1. The second kappa shape index (κ2) is 3.85. The number of esters is 1. The van der Waals surface area contributed by atoms with E-state index in [4.69, 9.17) is 4.74 Å². The highest BCUT2D eigenvalue weighted by Gasteiger charge is 2.67. The van der Waals surface area contributed by atoms with Crippen molar-refractivity contribution in [2.45, 2.75) is 46.1 Å². The Morgan fingerprint density at radius 1 is 1.42 bits per heavy atom. The van der Waals surface area contributed by atoms with Gasteiger partial charge in [-0.15, -0.1) is 0 Å². The van der Waals surface area contributed by atoms with Crippen LogP contribution >= 0.6 is 0 Å². The Balaban J connectivity index is 2.07. The summed E-state index contributed by atoms with van der Waals surface area (Å²) in [7, 11) is 1.45. The average molecular weight is 264 g/mol. The van der Waals surface area contributed by atoms with E-state index in [0.29, 0.717) is 5.92 Å². The Kier molecular flexibility index (Phi) is 2.66. The van der Waals surface area contributed by atoms with Crippen LogP contribution in [0, 0.1) is 28.6 Å². The topological polar surface area (TPSA) is 46.5 Å². The molecule has 0 bridgehead atoms. The van der Waals surface area contributed by atoms with Gasteiger partial charge in [0.2, 0.25) is 0 Å². The molecule has 106 valence electrons. The summed E-state index contributed by atoms with van der Waals surface area (Å²) in [4.78, 5) is 12.0. The van der Waals surface area contributed by atoms with Gasteiger partial charge in [0.25, 0.3) is 0 Å². The molecule has 2 fully saturated rings. The summed E-state index contributed by atoms with van der Waals surface area (Å²) >= 11 is 0. The van der Waals surface area contributed by atoms with Crippen molar-refractivity contribution in [3.05, 3.63) is 11.6 Å². The number of carbonyl (C=O) groups is 1. The number of carbonyl (C=O) groups excluding carboxylic acids is 1. The van der Waals surface area contributed by atoms with Gasteiger partial charge in [0.15, 0.2) is 0 Å². The first-order valence-electron chi connectivity index (χ1n) is 7.32. The first-order chi connectivity index (χ1) is 8.84. The van der Waals surface area contributed by atoms with Gasteiger partial charge in [-0.25, -0.2) is 4.79 Å². The lowest BCUT2D eigenvalue weighted by Gasteiger charge is -2.36. The van der Waals surface area contributed by atoms with E-state index < -0.39 is 0 Å². The molecule has 1 spiro atoms. The lowest BCUT2D eigenvalue weighted by Crippen LogP contribution is -2.33. The largest absolute Gasteiger partial charge is 0.466 e. The molecule has 3 aliphatic rings. The quantitative estimate of drug-likeness (QED) is 0.740. The van der Waals surface area contributed by atoms with E-state index in [2.05, 4.69) is 20.8 Å². The van der Waals surface area contributed by atoms with Crippen molar-refractivity contribution in [2.24, 2.45) is 28.6 Å². The molecule has 0 unspecified atom stereocenters. The van der Waals surface area contributed by atoms with Gasteiger partial charge >= 0.3 is 5.97 Å². The predicted octanol–water partition coefficient (Wildman–Crippen LogP) is 2.54. The zero-order valence-corrected chi connectivity index (χ0v) is 12.3. The maximum Gasteiger partial charge on any atom is 0.333 e. The standard InChI is InChI=1S/C16H24O3/c1-9-5-6-11-10(14(18)19-4)7-12-13(17)15(2,3)8-16(9,11)12/h7,9,11-13,17H,5-6,8H2,1-4H3/t9-,11-,12+,13+,16-/m0/s1. The van der Waals surface area contributed by atoms with Gasteiger partial charge in [-0.2, -0.15) is 0 Å². The maximum atomic E-state index is 12.0. The molecule has 0 amide bonds. The molecule has 1 N–H and O–H groups in total. The van der Waals surface area contributed by atoms with Gasteiger partial charge in [0.1, 0.15) is 0 Å². The zero-order chi connectivity index (χ0) is 14.0. The second-order valence-corrected chi connectivity index (χ2v) is 7.39. The van der Waals surface area contributed by atoms with Crippen molar-refractivity contribution in [1.82, 2.24) is 0 Å². The summed E-state index contributed by atoms with van der Waals surface area (Å²) in [5.41, 5.74) is 0.859. The van der Waals surface area contributed by atoms with Crippen molar-refractivity contribution in [2.75, 3.05) is 7.11 Å². The van der Waals surface area contributed by atoms with E-state index in [1.54, 1.807) is 0 Å². The molecule has 0 aromatic carbocycles. The highest BCUT2D eigenvalue weighted by Crippen LogP contribution is 2.70. The third-order valence-electron chi connectivity index (χ3n) is 6.13. The van der Waals surface area contributed by atoms with Crippen LogP contribution in [0.4, 0.5) is 0 Å². The van der Waals surface area contributed by atoms with Crippen LogP contribution in [0.5, 0.6) is 0 Å². The van der Waals surface area contributed by atoms with Crippen LogP contribution in [-0.4, -0.2) is 24.3 Å². The minimum Gasteiger partial charge on any atom is -0.466 e. The third kappa shape index (κ3) is 1.45. The minimum atomic E-state index is -0.349. The van der Waals surface area contributed by atoms with E-state index in [1.165, 1.54) is 7.11 Å². The fraction of sp³-hybridized carbons (Fsp3) is 0.812. The van der Waals surface area contributed by atoms with Crippen molar-refractivity contribution in [1.29, 1.82) is 0 Å². The first-order valence-corrected chi connectivity index (χ1v) is 7.32. The number of aliphatic hydroxyl groups excluding tert-OH is 1. The fourth-order valence-corrected chi connectivity index (χ4v) is 5.28. The van der Waals surface area contributed by atoms with Gasteiger partial charge < -0.3 is 9.84 Å². The molecule has 19 heavy (non-hydrogen) atoms. The number of hydrogen-bond acceptors (Lipinski definition) is 3. The summed E-state index contributed by atoms with van der Waals surface area (Å²) in [6.07, 6.45) is 4.90.